The van der Waals surface area contributed by atoms with Crippen molar-refractivity contribution in [3.63, 3.8) is 0 Å². The van der Waals surface area contributed by atoms with Crippen LogP contribution in [0.5, 0.6) is 0 Å². The number of hydrogen-bond acceptors (Lipinski definition) is 5. The number of rotatable bonds is 3. The molecule has 0 N–H and O–H groups in total. The molecule has 0 bridgehead atoms. The van der Waals surface area contributed by atoms with Crippen LogP contribution >= 0.6 is 0 Å². The molecule has 1 aromatic rings. The Kier molecular flexibility index (Phi) is 5.27. The Bertz CT molecular complexity index is 564. The Labute approximate surface area is 142 Å². The number of piperazine rings is 1. The Hall–Kier alpha value is -2.18. The van der Waals surface area contributed by atoms with E-state index in [-0.39, 0.29) is 18.2 Å². The molecular formula is C17H25N5O2. The largest absolute Gasteiger partial charge is 0.342 e. The minimum Gasteiger partial charge on any atom is -0.342 e. The second-order valence-electron chi connectivity index (χ2n) is 6.66. The van der Waals surface area contributed by atoms with Gasteiger partial charge in [0.2, 0.25) is 17.8 Å². The van der Waals surface area contributed by atoms with E-state index in [2.05, 4.69) is 21.8 Å². The molecule has 2 aliphatic heterocycles. The SMILES string of the molecule is CC1CCN(C(=O)CC(=O)N2CCN(c3ncccn3)CC2)CC1. The highest BCUT2D eigenvalue weighted by atomic mass is 16.2. The number of likely N-dealkylation sites (tertiary alicyclic amines) is 1. The molecule has 0 saturated carbocycles. The van der Waals surface area contributed by atoms with E-state index in [1.807, 2.05) is 4.90 Å². The zero-order valence-corrected chi connectivity index (χ0v) is 14.2. The van der Waals surface area contributed by atoms with Crippen molar-refractivity contribution >= 4 is 17.8 Å². The van der Waals surface area contributed by atoms with Crippen molar-refractivity contribution in [1.82, 2.24) is 19.8 Å². The van der Waals surface area contributed by atoms with Crippen molar-refractivity contribution in [3.8, 4) is 0 Å². The van der Waals surface area contributed by atoms with E-state index in [4.69, 9.17) is 0 Å². The standard InChI is InChI=1S/C17H25N5O2/c1-14-3-7-20(8-4-14)15(23)13-16(24)21-9-11-22(12-10-21)17-18-5-2-6-19-17/h2,5-6,14H,3-4,7-13H2,1H3. The smallest absolute Gasteiger partial charge is 0.232 e. The normalized spacial score (nSPS) is 19.5. The first-order valence-corrected chi connectivity index (χ1v) is 8.71. The maximum Gasteiger partial charge on any atom is 0.232 e. The van der Waals surface area contributed by atoms with E-state index >= 15 is 0 Å². The van der Waals surface area contributed by atoms with Crippen LogP contribution in [0.25, 0.3) is 0 Å². The number of carbonyl (C=O) groups excluding carboxylic acids is 2. The average molecular weight is 331 g/mol. The van der Waals surface area contributed by atoms with Gasteiger partial charge in [0.25, 0.3) is 0 Å². The second-order valence-corrected chi connectivity index (χ2v) is 6.66. The van der Waals surface area contributed by atoms with Crippen LogP contribution in [-0.4, -0.2) is 70.9 Å². The minimum absolute atomic E-state index is 0.00375. The van der Waals surface area contributed by atoms with Crippen LogP contribution in [0.2, 0.25) is 0 Å². The summed E-state index contributed by atoms with van der Waals surface area (Å²) in [6, 6.07) is 1.79. The van der Waals surface area contributed by atoms with Gasteiger partial charge in [-0.1, -0.05) is 6.92 Å². The summed E-state index contributed by atoms with van der Waals surface area (Å²) < 4.78 is 0. The molecule has 2 saturated heterocycles. The summed E-state index contributed by atoms with van der Waals surface area (Å²) in [5.41, 5.74) is 0. The fraction of sp³-hybridized carbons (Fsp3) is 0.647. The number of amides is 2. The number of hydrogen-bond donors (Lipinski definition) is 0. The van der Waals surface area contributed by atoms with Crippen LogP contribution in [0, 0.1) is 5.92 Å². The molecule has 130 valence electrons. The highest BCUT2D eigenvalue weighted by Crippen LogP contribution is 2.17. The van der Waals surface area contributed by atoms with Gasteiger partial charge >= 0.3 is 0 Å². The molecule has 7 heteroatoms. The Morgan fingerprint density at radius 2 is 1.50 bits per heavy atom. The molecule has 2 fully saturated rings. The maximum absolute atomic E-state index is 12.4. The molecule has 0 aliphatic carbocycles. The summed E-state index contributed by atoms with van der Waals surface area (Å²) in [4.78, 5) is 38.8. The van der Waals surface area contributed by atoms with Gasteiger partial charge in [0.15, 0.2) is 0 Å². The van der Waals surface area contributed by atoms with Crippen molar-refractivity contribution in [2.45, 2.75) is 26.2 Å². The third-order valence-corrected chi connectivity index (χ3v) is 4.91. The molecule has 0 atom stereocenters. The van der Waals surface area contributed by atoms with Crippen LogP contribution < -0.4 is 4.90 Å². The lowest BCUT2D eigenvalue weighted by Gasteiger charge is -2.35. The molecule has 3 rings (SSSR count). The first kappa shape index (κ1) is 16.7. The molecular weight excluding hydrogens is 306 g/mol. The zero-order valence-electron chi connectivity index (χ0n) is 14.2. The monoisotopic (exact) mass is 331 g/mol. The molecule has 0 unspecified atom stereocenters. The Morgan fingerprint density at radius 3 is 2.08 bits per heavy atom. The van der Waals surface area contributed by atoms with Crippen LogP contribution in [0.4, 0.5) is 5.95 Å². The van der Waals surface area contributed by atoms with Gasteiger partial charge in [-0.3, -0.25) is 9.59 Å². The van der Waals surface area contributed by atoms with E-state index in [0.717, 1.165) is 25.9 Å². The zero-order chi connectivity index (χ0) is 16.9. The Balaban J connectivity index is 1.46. The van der Waals surface area contributed by atoms with Crippen LogP contribution in [-0.2, 0) is 9.59 Å². The minimum atomic E-state index is -0.0627. The molecule has 24 heavy (non-hydrogen) atoms. The molecule has 0 spiro atoms. The van der Waals surface area contributed by atoms with Crippen LogP contribution in [0.3, 0.4) is 0 Å². The summed E-state index contributed by atoms with van der Waals surface area (Å²) >= 11 is 0. The fourth-order valence-corrected chi connectivity index (χ4v) is 3.22. The molecule has 1 aromatic heterocycles. The molecule has 0 radical (unpaired) electrons. The van der Waals surface area contributed by atoms with Gasteiger partial charge in [-0.15, -0.1) is 0 Å². The number of nitrogens with zero attached hydrogens (tertiary/aromatic N) is 5. The first-order valence-electron chi connectivity index (χ1n) is 8.71. The maximum atomic E-state index is 12.4. The number of piperidine rings is 1. The lowest BCUT2D eigenvalue weighted by Crippen LogP contribution is -2.50. The van der Waals surface area contributed by atoms with E-state index < -0.39 is 0 Å². The average Bonchev–Trinajstić information content (AvgIpc) is 2.63. The molecule has 2 aliphatic rings. The van der Waals surface area contributed by atoms with E-state index in [9.17, 15) is 9.59 Å². The molecule has 2 amide bonds. The van der Waals surface area contributed by atoms with Gasteiger partial charge in [-0.25, -0.2) is 9.97 Å². The van der Waals surface area contributed by atoms with Gasteiger partial charge in [0, 0.05) is 51.7 Å². The number of aromatic nitrogens is 2. The predicted octanol–water partition coefficient (Wildman–Crippen LogP) is 0.774. The van der Waals surface area contributed by atoms with Crippen molar-refractivity contribution < 1.29 is 9.59 Å². The van der Waals surface area contributed by atoms with Crippen molar-refractivity contribution in [2.75, 3.05) is 44.2 Å². The summed E-state index contributed by atoms with van der Waals surface area (Å²) in [7, 11) is 0. The van der Waals surface area contributed by atoms with Crippen molar-refractivity contribution in [1.29, 1.82) is 0 Å². The van der Waals surface area contributed by atoms with E-state index in [1.165, 1.54) is 0 Å². The van der Waals surface area contributed by atoms with Gasteiger partial charge in [-0.05, 0) is 24.8 Å². The molecule has 0 aromatic carbocycles. The van der Waals surface area contributed by atoms with Crippen molar-refractivity contribution in [3.05, 3.63) is 18.5 Å². The van der Waals surface area contributed by atoms with Gasteiger partial charge in [-0.2, -0.15) is 0 Å². The van der Waals surface area contributed by atoms with Gasteiger partial charge in [0.1, 0.15) is 6.42 Å². The van der Waals surface area contributed by atoms with Gasteiger partial charge < -0.3 is 14.7 Å². The van der Waals surface area contributed by atoms with Gasteiger partial charge in [0.05, 0.1) is 0 Å². The summed E-state index contributed by atoms with van der Waals surface area (Å²) in [6.07, 6.45) is 5.51. The highest BCUT2D eigenvalue weighted by Gasteiger charge is 2.27. The summed E-state index contributed by atoms with van der Waals surface area (Å²) in [5.74, 6) is 1.29. The summed E-state index contributed by atoms with van der Waals surface area (Å²) in [6.45, 7) is 6.40. The van der Waals surface area contributed by atoms with Crippen molar-refractivity contribution in [2.24, 2.45) is 5.92 Å². The lowest BCUT2D eigenvalue weighted by atomic mass is 9.99. The lowest BCUT2D eigenvalue weighted by molar-refractivity contribution is -0.141. The third kappa shape index (κ3) is 4.01. The van der Waals surface area contributed by atoms with Crippen LogP contribution in [0.1, 0.15) is 26.2 Å². The predicted molar refractivity (Wildman–Crippen MR) is 90.4 cm³/mol. The topological polar surface area (TPSA) is 69.6 Å². The van der Waals surface area contributed by atoms with Crippen LogP contribution in [0.15, 0.2) is 18.5 Å². The number of carbonyl (C=O) groups is 2. The highest BCUT2D eigenvalue weighted by molar-refractivity contribution is 5.97. The number of anilines is 1. The summed E-state index contributed by atoms with van der Waals surface area (Å²) in [5, 5.41) is 0. The molecule has 7 nitrogen and oxygen atoms in total. The Morgan fingerprint density at radius 1 is 0.958 bits per heavy atom. The third-order valence-electron chi connectivity index (χ3n) is 4.91. The molecule has 3 heterocycles. The second kappa shape index (κ2) is 7.59. The first-order chi connectivity index (χ1) is 11.6. The van der Waals surface area contributed by atoms with E-state index in [1.54, 1.807) is 23.4 Å². The fourth-order valence-electron chi connectivity index (χ4n) is 3.22. The quantitative estimate of drug-likeness (QED) is 0.766. The van der Waals surface area contributed by atoms with E-state index in [0.29, 0.717) is 38.0 Å².